The molecule has 3 nitrogen and oxygen atoms in total. The summed E-state index contributed by atoms with van der Waals surface area (Å²) >= 11 is 0. The van der Waals surface area contributed by atoms with E-state index in [9.17, 15) is 0 Å². The van der Waals surface area contributed by atoms with Crippen molar-refractivity contribution in [2.45, 2.75) is 19.9 Å². The van der Waals surface area contributed by atoms with Gasteiger partial charge in [0.05, 0.1) is 13.7 Å². The zero-order valence-electron chi connectivity index (χ0n) is 8.59. The molecule has 1 heterocycles. The van der Waals surface area contributed by atoms with E-state index in [1.807, 2.05) is 6.07 Å². The molecular formula is C11H15NO2. The molecule has 0 radical (unpaired) electrons. The lowest BCUT2D eigenvalue weighted by molar-refractivity contribution is 0.0864. The average Bonchev–Trinajstić information content (AvgIpc) is 2.64. The number of fused-ring (bicyclic) bond motifs is 1. The van der Waals surface area contributed by atoms with E-state index < -0.39 is 0 Å². The Morgan fingerprint density at radius 1 is 1.50 bits per heavy atom. The maximum absolute atomic E-state index is 5.51. The molecule has 1 aromatic carbocycles. The molecule has 0 atom stereocenters. The van der Waals surface area contributed by atoms with Gasteiger partial charge in [-0.2, -0.15) is 5.48 Å². The maximum atomic E-state index is 5.51. The first-order valence-corrected chi connectivity index (χ1v) is 4.83. The highest BCUT2D eigenvalue weighted by molar-refractivity contribution is 5.46. The van der Waals surface area contributed by atoms with Crippen LogP contribution in [0.2, 0.25) is 0 Å². The van der Waals surface area contributed by atoms with Crippen LogP contribution in [-0.4, -0.2) is 13.7 Å². The van der Waals surface area contributed by atoms with Crippen LogP contribution in [0.15, 0.2) is 12.1 Å². The summed E-state index contributed by atoms with van der Waals surface area (Å²) in [7, 11) is 1.63. The minimum atomic E-state index is 0.745. The van der Waals surface area contributed by atoms with E-state index in [0.29, 0.717) is 0 Å². The van der Waals surface area contributed by atoms with Gasteiger partial charge in [0, 0.05) is 18.5 Å². The van der Waals surface area contributed by atoms with Gasteiger partial charge in [0.2, 0.25) is 0 Å². The summed E-state index contributed by atoms with van der Waals surface area (Å²) < 4.78 is 5.51. The molecule has 0 saturated heterocycles. The zero-order valence-corrected chi connectivity index (χ0v) is 8.59. The first kappa shape index (κ1) is 9.49. The Morgan fingerprint density at radius 3 is 3.14 bits per heavy atom. The zero-order chi connectivity index (χ0) is 9.97. The molecule has 1 aliphatic rings. The molecule has 76 valence electrons. The van der Waals surface area contributed by atoms with Crippen LogP contribution < -0.4 is 10.2 Å². The lowest BCUT2D eigenvalue weighted by atomic mass is 10.0. The second-order valence-electron chi connectivity index (χ2n) is 3.46. The Bertz CT molecular complexity index is 336. The topological polar surface area (TPSA) is 30.5 Å². The van der Waals surface area contributed by atoms with E-state index in [2.05, 4.69) is 18.5 Å². The summed E-state index contributed by atoms with van der Waals surface area (Å²) in [5, 5.41) is 0. The molecule has 1 aliphatic heterocycles. The van der Waals surface area contributed by atoms with E-state index in [4.69, 9.17) is 9.57 Å². The van der Waals surface area contributed by atoms with Gasteiger partial charge in [-0.25, -0.2) is 0 Å². The Kier molecular flexibility index (Phi) is 2.70. The summed E-state index contributed by atoms with van der Waals surface area (Å²) in [6.07, 6.45) is 1.01. The molecular weight excluding hydrogens is 178 g/mol. The van der Waals surface area contributed by atoms with Crippen molar-refractivity contribution in [3.05, 3.63) is 28.8 Å². The molecule has 0 unspecified atom stereocenters. The summed E-state index contributed by atoms with van der Waals surface area (Å²) in [6, 6.07) is 4.14. The highest BCUT2D eigenvalue weighted by atomic mass is 16.6. The molecule has 0 bridgehead atoms. The van der Waals surface area contributed by atoms with Crippen molar-refractivity contribution in [3.8, 4) is 5.75 Å². The molecule has 1 N–H and O–H groups in total. The van der Waals surface area contributed by atoms with Gasteiger partial charge in [-0.3, -0.25) is 0 Å². The molecule has 3 heteroatoms. The van der Waals surface area contributed by atoms with Crippen molar-refractivity contribution in [1.29, 1.82) is 0 Å². The minimum absolute atomic E-state index is 0.745. The Labute approximate surface area is 84.0 Å². The van der Waals surface area contributed by atoms with Crippen LogP contribution >= 0.6 is 0 Å². The molecule has 2 rings (SSSR count). The number of hydroxylamine groups is 1. The van der Waals surface area contributed by atoms with Crippen molar-refractivity contribution < 1.29 is 9.57 Å². The number of rotatable bonds is 3. The van der Waals surface area contributed by atoms with Gasteiger partial charge in [0.1, 0.15) is 5.75 Å². The van der Waals surface area contributed by atoms with E-state index in [1.165, 1.54) is 16.7 Å². The summed E-state index contributed by atoms with van der Waals surface area (Å²) in [6.45, 7) is 3.67. The normalized spacial score (nSPS) is 13.9. The smallest absolute Gasteiger partial charge is 0.122 e. The first-order chi connectivity index (χ1) is 6.83. The molecule has 14 heavy (non-hydrogen) atoms. The second kappa shape index (κ2) is 3.98. The highest BCUT2D eigenvalue weighted by Crippen LogP contribution is 2.30. The third-order valence-electron chi connectivity index (χ3n) is 2.63. The van der Waals surface area contributed by atoms with Crippen LogP contribution in [-0.2, 0) is 17.8 Å². The van der Waals surface area contributed by atoms with Gasteiger partial charge in [-0.15, -0.1) is 0 Å². The van der Waals surface area contributed by atoms with Gasteiger partial charge >= 0.3 is 0 Å². The predicted octanol–water partition coefficient (Wildman–Crippen LogP) is 1.58. The lowest BCUT2D eigenvalue weighted by Gasteiger charge is -2.10. The standard InChI is InChI=1S/C11H15NO2/c1-8-3-4-11-9(5-6-14-11)10(8)7-12-13-2/h3-4,12H,5-7H2,1-2H3. The number of hydrogen-bond acceptors (Lipinski definition) is 3. The molecule has 0 fully saturated rings. The number of hydrogen-bond donors (Lipinski definition) is 1. The molecule has 0 spiro atoms. The van der Waals surface area contributed by atoms with Crippen LogP contribution in [0.3, 0.4) is 0 Å². The van der Waals surface area contributed by atoms with Crippen LogP contribution in [0.1, 0.15) is 16.7 Å². The molecule has 0 amide bonds. The largest absolute Gasteiger partial charge is 0.493 e. The fourth-order valence-electron chi connectivity index (χ4n) is 1.85. The summed E-state index contributed by atoms with van der Waals surface area (Å²) in [4.78, 5) is 4.87. The van der Waals surface area contributed by atoms with Crippen molar-refractivity contribution in [2.24, 2.45) is 0 Å². The third kappa shape index (κ3) is 1.61. The van der Waals surface area contributed by atoms with Gasteiger partial charge in [-0.05, 0) is 24.1 Å². The highest BCUT2D eigenvalue weighted by Gasteiger charge is 2.17. The minimum Gasteiger partial charge on any atom is -0.493 e. The lowest BCUT2D eigenvalue weighted by Crippen LogP contribution is -2.13. The number of nitrogens with one attached hydrogen (secondary N) is 1. The predicted molar refractivity (Wildman–Crippen MR) is 54.2 cm³/mol. The molecule has 0 aromatic heterocycles. The van der Waals surface area contributed by atoms with Crippen LogP contribution in [0.4, 0.5) is 0 Å². The van der Waals surface area contributed by atoms with Crippen molar-refractivity contribution in [2.75, 3.05) is 13.7 Å². The molecule has 1 aromatic rings. The van der Waals surface area contributed by atoms with Crippen LogP contribution in [0, 0.1) is 6.92 Å². The van der Waals surface area contributed by atoms with Gasteiger partial charge in [-0.1, -0.05) is 6.07 Å². The van der Waals surface area contributed by atoms with Crippen molar-refractivity contribution >= 4 is 0 Å². The first-order valence-electron chi connectivity index (χ1n) is 4.83. The Morgan fingerprint density at radius 2 is 2.36 bits per heavy atom. The fourth-order valence-corrected chi connectivity index (χ4v) is 1.85. The van der Waals surface area contributed by atoms with Crippen molar-refractivity contribution in [3.63, 3.8) is 0 Å². The Hall–Kier alpha value is -1.06. The van der Waals surface area contributed by atoms with Gasteiger partial charge in [0.15, 0.2) is 0 Å². The van der Waals surface area contributed by atoms with Gasteiger partial charge in [0.25, 0.3) is 0 Å². The van der Waals surface area contributed by atoms with E-state index >= 15 is 0 Å². The quantitative estimate of drug-likeness (QED) is 0.739. The Balaban J connectivity index is 2.31. The number of aryl methyl sites for hydroxylation is 1. The van der Waals surface area contributed by atoms with Crippen LogP contribution in [0.5, 0.6) is 5.75 Å². The maximum Gasteiger partial charge on any atom is 0.122 e. The van der Waals surface area contributed by atoms with E-state index in [0.717, 1.165) is 25.3 Å². The van der Waals surface area contributed by atoms with Gasteiger partial charge < -0.3 is 9.57 Å². The third-order valence-corrected chi connectivity index (χ3v) is 2.63. The van der Waals surface area contributed by atoms with Crippen LogP contribution in [0.25, 0.3) is 0 Å². The second-order valence-corrected chi connectivity index (χ2v) is 3.46. The van der Waals surface area contributed by atoms with E-state index in [-0.39, 0.29) is 0 Å². The summed E-state index contributed by atoms with van der Waals surface area (Å²) in [5.41, 5.74) is 6.81. The number of ether oxygens (including phenoxy) is 1. The summed E-state index contributed by atoms with van der Waals surface area (Å²) in [5.74, 6) is 1.03. The fraction of sp³-hybridized carbons (Fsp3) is 0.455. The monoisotopic (exact) mass is 193 g/mol. The average molecular weight is 193 g/mol. The SMILES string of the molecule is CONCc1c(C)ccc2c1CCO2. The number of benzene rings is 1. The molecule has 0 saturated carbocycles. The van der Waals surface area contributed by atoms with Crippen molar-refractivity contribution in [1.82, 2.24) is 5.48 Å². The molecule has 0 aliphatic carbocycles. The van der Waals surface area contributed by atoms with E-state index in [1.54, 1.807) is 7.11 Å².